The summed E-state index contributed by atoms with van der Waals surface area (Å²) in [6.07, 6.45) is 2.56. The largest absolute Gasteiger partial charge is 0.384 e. The van der Waals surface area contributed by atoms with Crippen LogP contribution in [0.2, 0.25) is 0 Å². The Hall–Kier alpha value is -2.17. The van der Waals surface area contributed by atoms with E-state index >= 15 is 0 Å². The molecule has 4 nitrogen and oxygen atoms in total. The lowest BCUT2D eigenvalue weighted by Gasteiger charge is -2.27. The van der Waals surface area contributed by atoms with Crippen molar-refractivity contribution in [3.05, 3.63) is 59.2 Å². The average Bonchev–Trinajstić information content (AvgIpc) is 2.62. The monoisotopic (exact) mass is 350 g/mol. The van der Waals surface area contributed by atoms with Gasteiger partial charge in [0.25, 0.3) is 0 Å². The SMILES string of the molecule is Cc1cc(CN(C)CC2CCNCC2)cc(-c2cccc(C(=N)N)c2)c1. The summed E-state index contributed by atoms with van der Waals surface area (Å²) in [4.78, 5) is 2.44. The van der Waals surface area contributed by atoms with E-state index in [2.05, 4.69) is 48.5 Å². The number of rotatable bonds is 6. The minimum atomic E-state index is 0.112. The molecule has 0 atom stereocenters. The Morgan fingerprint density at radius 1 is 1.15 bits per heavy atom. The number of nitrogens with one attached hydrogen (secondary N) is 2. The molecule has 0 radical (unpaired) electrons. The summed E-state index contributed by atoms with van der Waals surface area (Å²) in [6, 6.07) is 14.7. The van der Waals surface area contributed by atoms with Crippen LogP contribution in [-0.2, 0) is 6.54 Å². The number of aryl methyl sites for hydroxylation is 1. The highest BCUT2D eigenvalue weighted by Crippen LogP contribution is 2.24. The molecular formula is C22H30N4. The molecule has 1 heterocycles. The third-order valence-corrected chi connectivity index (χ3v) is 5.13. The van der Waals surface area contributed by atoms with E-state index in [9.17, 15) is 0 Å². The van der Waals surface area contributed by atoms with Crippen molar-refractivity contribution in [2.45, 2.75) is 26.3 Å². The number of benzene rings is 2. The summed E-state index contributed by atoms with van der Waals surface area (Å²) in [7, 11) is 2.22. The molecule has 0 aromatic heterocycles. The van der Waals surface area contributed by atoms with Gasteiger partial charge in [0, 0.05) is 18.7 Å². The van der Waals surface area contributed by atoms with Gasteiger partial charge in [-0.2, -0.15) is 0 Å². The van der Waals surface area contributed by atoms with Crippen molar-refractivity contribution < 1.29 is 0 Å². The van der Waals surface area contributed by atoms with Crippen LogP contribution in [0.4, 0.5) is 0 Å². The van der Waals surface area contributed by atoms with Gasteiger partial charge >= 0.3 is 0 Å². The van der Waals surface area contributed by atoms with Crippen LogP contribution in [0.1, 0.15) is 29.5 Å². The van der Waals surface area contributed by atoms with Gasteiger partial charge in [-0.25, -0.2) is 0 Å². The fourth-order valence-electron chi connectivity index (χ4n) is 3.87. The second-order valence-corrected chi connectivity index (χ2v) is 7.59. The Balaban J connectivity index is 1.75. The molecule has 1 fully saturated rings. The highest BCUT2D eigenvalue weighted by Gasteiger charge is 2.15. The third kappa shape index (κ3) is 4.93. The van der Waals surface area contributed by atoms with Gasteiger partial charge < -0.3 is 16.0 Å². The number of nitrogens with zero attached hydrogens (tertiary/aromatic N) is 1. The molecule has 0 amide bonds. The molecule has 3 rings (SSSR count). The molecule has 0 saturated carbocycles. The Bertz CT molecular complexity index is 762. The quantitative estimate of drug-likeness (QED) is 0.553. The molecule has 4 heteroatoms. The molecule has 26 heavy (non-hydrogen) atoms. The number of nitrogens with two attached hydrogens (primary N) is 1. The van der Waals surface area contributed by atoms with Crippen LogP contribution in [0.3, 0.4) is 0 Å². The maximum absolute atomic E-state index is 7.66. The molecular weight excluding hydrogens is 320 g/mol. The van der Waals surface area contributed by atoms with E-state index in [1.54, 1.807) is 0 Å². The third-order valence-electron chi connectivity index (χ3n) is 5.13. The van der Waals surface area contributed by atoms with Crippen LogP contribution in [-0.4, -0.2) is 37.4 Å². The van der Waals surface area contributed by atoms with Crippen molar-refractivity contribution in [1.82, 2.24) is 10.2 Å². The van der Waals surface area contributed by atoms with E-state index in [-0.39, 0.29) is 5.84 Å². The van der Waals surface area contributed by atoms with E-state index < -0.39 is 0 Å². The Kier molecular flexibility index (Phi) is 6.07. The van der Waals surface area contributed by atoms with Crippen molar-refractivity contribution in [2.75, 3.05) is 26.7 Å². The molecule has 0 unspecified atom stereocenters. The second-order valence-electron chi connectivity index (χ2n) is 7.59. The molecule has 1 saturated heterocycles. The summed E-state index contributed by atoms with van der Waals surface area (Å²) < 4.78 is 0. The van der Waals surface area contributed by atoms with Gasteiger partial charge in [0.05, 0.1) is 0 Å². The number of amidine groups is 1. The molecule has 138 valence electrons. The molecule has 1 aliphatic rings. The molecule has 0 bridgehead atoms. The van der Waals surface area contributed by atoms with Crippen molar-refractivity contribution in [3.63, 3.8) is 0 Å². The van der Waals surface area contributed by atoms with E-state index in [1.165, 1.54) is 29.5 Å². The molecule has 2 aromatic rings. The molecule has 0 aliphatic carbocycles. The summed E-state index contributed by atoms with van der Waals surface area (Å²) in [5.74, 6) is 0.916. The summed E-state index contributed by atoms with van der Waals surface area (Å²) in [6.45, 7) is 6.57. The summed E-state index contributed by atoms with van der Waals surface area (Å²) >= 11 is 0. The standard InChI is InChI=1S/C22H30N4/c1-16-10-18(15-26(2)14-17-6-8-25-9-7-17)12-21(11-16)19-4-3-5-20(13-19)22(23)24/h3-5,10-13,17,25H,6-9,14-15H2,1-2H3,(H3,23,24). The van der Waals surface area contributed by atoms with Crippen LogP contribution in [0.5, 0.6) is 0 Å². The van der Waals surface area contributed by atoms with Crippen molar-refractivity contribution in [1.29, 1.82) is 5.41 Å². The maximum atomic E-state index is 7.66. The minimum Gasteiger partial charge on any atom is -0.384 e. The van der Waals surface area contributed by atoms with Crippen LogP contribution in [0.25, 0.3) is 11.1 Å². The van der Waals surface area contributed by atoms with E-state index in [0.29, 0.717) is 0 Å². The van der Waals surface area contributed by atoms with E-state index in [1.807, 2.05) is 18.2 Å². The number of hydrogen-bond donors (Lipinski definition) is 3. The summed E-state index contributed by atoms with van der Waals surface area (Å²) in [5.41, 5.74) is 11.3. The fraction of sp³-hybridized carbons (Fsp3) is 0.409. The molecule has 2 aromatic carbocycles. The zero-order valence-electron chi connectivity index (χ0n) is 15.9. The van der Waals surface area contributed by atoms with Crippen molar-refractivity contribution >= 4 is 5.84 Å². The van der Waals surface area contributed by atoms with Crippen LogP contribution in [0, 0.1) is 18.3 Å². The van der Waals surface area contributed by atoms with Gasteiger partial charge in [0.1, 0.15) is 5.84 Å². The Morgan fingerprint density at radius 3 is 2.65 bits per heavy atom. The van der Waals surface area contributed by atoms with E-state index in [4.69, 9.17) is 11.1 Å². The fourth-order valence-corrected chi connectivity index (χ4v) is 3.87. The van der Waals surface area contributed by atoms with Gasteiger partial charge in [-0.3, -0.25) is 5.41 Å². The number of piperidine rings is 1. The first-order chi connectivity index (χ1) is 12.5. The summed E-state index contributed by atoms with van der Waals surface area (Å²) in [5, 5.41) is 11.1. The van der Waals surface area contributed by atoms with Gasteiger partial charge in [-0.1, -0.05) is 35.9 Å². The predicted octanol–water partition coefficient (Wildman–Crippen LogP) is 3.38. The van der Waals surface area contributed by atoms with Gasteiger partial charge in [0.2, 0.25) is 0 Å². The Morgan fingerprint density at radius 2 is 1.92 bits per heavy atom. The minimum absolute atomic E-state index is 0.112. The highest BCUT2D eigenvalue weighted by atomic mass is 15.1. The number of nitrogen functional groups attached to an aromatic ring is 1. The van der Waals surface area contributed by atoms with E-state index in [0.717, 1.165) is 43.2 Å². The first-order valence-electron chi connectivity index (χ1n) is 9.46. The normalized spacial score (nSPS) is 15.3. The second kappa shape index (κ2) is 8.47. The van der Waals surface area contributed by atoms with Gasteiger partial charge in [-0.15, -0.1) is 0 Å². The predicted molar refractivity (Wildman–Crippen MR) is 110 cm³/mol. The zero-order chi connectivity index (χ0) is 18.5. The Labute approximate surface area is 156 Å². The highest BCUT2D eigenvalue weighted by molar-refractivity contribution is 5.96. The molecule has 1 aliphatic heterocycles. The van der Waals surface area contributed by atoms with Crippen molar-refractivity contribution in [2.24, 2.45) is 11.7 Å². The van der Waals surface area contributed by atoms with Gasteiger partial charge in [0.15, 0.2) is 0 Å². The molecule has 4 N–H and O–H groups in total. The number of hydrogen-bond acceptors (Lipinski definition) is 3. The topological polar surface area (TPSA) is 65.1 Å². The lowest BCUT2D eigenvalue weighted by Crippen LogP contribution is -2.34. The smallest absolute Gasteiger partial charge is 0.122 e. The van der Waals surface area contributed by atoms with Crippen LogP contribution < -0.4 is 11.1 Å². The maximum Gasteiger partial charge on any atom is 0.122 e. The average molecular weight is 351 g/mol. The molecule has 0 spiro atoms. The van der Waals surface area contributed by atoms with Crippen LogP contribution >= 0.6 is 0 Å². The van der Waals surface area contributed by atoms with Crippen molar-refractivity contribution in [3.8, 4) is 11.1 Å². The lowest BCUT2D eigenvalue weighted by molar-refractivity contribution is 0.234. The van der Waals surface area contributed by atoms with Crippen LogP contribution in [0.15, 0.2) is 42.5 Å². The first-order valence-corrected chi connectivity index (χ1v) is 9.46. The zero-order valence-corrected chi connectivity index (χ0v) is 15.9. The first kappa shape index (κ1) is 18.6. The van der Waals surface area contributed by atoms with Gasteiger partial charge in [-0.05, 0) is 74.6 Å². The lowest BCUT2D eigenvalue weighted by atomic mass is 9.96.